The second kappa shape index (κ2) is 8.47. The molecule has 0 radical (unpaired) electrons. The molecule has 4 rings (SSSR count). The van der Waals surface area contributed by atoms with Gasteiger partial charge in [-0.25, -0.2) is 14.3 Å². The molecule has 31 heavy (non-hydrogen) atoms. The minimum Gasteiger partial charge on any atom is -0.497 e. The highest BCUT2D eigenvalue weighted by atomic mass is 16.5. The standard InChI is InChI=1S/C22H24N6O3/c1-14-11-15(2)24-21-20(14)22(26-27(21)3)31-13-19(29)23-12-16-9-10-28(25-16)17-5-7-18(30-4)8-6-17/h5-11H,12-13H2,1-4H3,(H,23,29). The van der Waals surface area contributed by atoms with Crippen LogP contribution >= 0.6 is 0 Å². The lowest BCUT2D eigenvalue weighted by Crippen LogP contribution is -2.28. The summed E-state index contributed by atoms with van der Waals surface area (Å²) in [5.74, 6) is 0.933. The van der Waals surface area contributed by atoms with Crippen LogP contribution in [0.1, 0.15) is 17.0 Å². The number of hydrogen-bond donors (Lipinski definition) is 1. The molecular formula is C22H24N6O3. The van der Waals surface area contributed by atoms with Crippen molar-refractivity contribution in [2.75, 3.05) is 13.7 Å². The predicted molar refractivity (Wildman–Crippen MR) is 115 cm³/mol. The van der Waals surface area contributed by atoms with Gasteiger partial charge in [-0.2, -0.15) is 5.10 Å². The topological polar surface area (TPSA) is 96.1 Å². The van der Waals surface area contributed by atoms with Crippen molar-refractivity contribution in [2.24, 2.45) is 7.05 Å². The third-order valence-electron chi connectivity index (χ3n) is 4.87. The lowest BCUT2D eigenvalue weighted by molar-refractivity contribution is -0.123. The molecule has 3 aromatic heterocycles. The summed E-state index contributed by atoms with van der Waals surface area (Å²) in [6.45, 7) is 4.07. The number of ether oxygens (including phenoxy) is 2. The molecule has 0 saturated heterocycles. The molecule has 160 valence electrons. The van der Waals surface area contributed by atoms with Gasteiger partial charge in [0.1, 0.15) is 5.75 Å². The first-order valence-electron chi connectivity index (χ1n) is 9.84. The van der Waals surface area contributed by atoms with E-state index in [9.17, 15) is 4.79 Å². The van der Waals surface area contributed by atoms with E-state index in [1.807, 2.05) is 56.4 Å². The number of hydrogen-bond acceptors (Lipinski definition) is 6. The Labute approximate surface area is 179 Å². The van der Waals surface area contributed by atoms with Gasteiger partial charge in [-0.3, -0.25) is 4.79 Å². The molecule has 4 aromatic rings. The van der Waals surface area contributed by atoms with Crippen LogP contribution in [-0.2, 0) is 18.4 Å². The molecule has 0 aliphatic carbocycles. The zero-order chi connectivity index (χ0) is 22.0. The first-order valence-corrected chi connectivity index (χ1v) is 9.84. The molecule has 0 aliphatic rings. The number of nitrogens with one attached hydrogen (secondary N) is 1. The van der Waals surface area contributed by atoms with Crippen LogP contribution in [0, 0.1) is 13.8 Å². The second-order valence-electron chi connectivity index (χ2n) is 7.22. The molecule has 1 N–H and O–H groups in total. The zero-order valence-corrected chi connectivity index (χ0v) is 17.9. The fourth-order valence-corrected chi connectivity index (χ4v) is 3.36. The van der Waals surface area contributed by atoms with E-state index in [0.29, 0.717) is 12.4 Å². The SMILES string of the molecule is COc1ccc(-n2ccc(CNC(=O)COc3nn(C)c4nc(C)cc(C)c34)n2)cc1. The summed E-state index contributed by atoms with van der Waals surface area (Å²) in [5, 5.41) is 12.5. The van der Waals surface area contributed by atoms with Crippen molar-refractivity contribution in [1.29, 1.82) is 0 Å². The smallest absolute Gasteiger partial charge is 0.258 e. The molecule has 0 spiro atoms. The molecule has 0 saturated carbocycles. The quantitative estimate of drug-likeness (QED) is 0.493. The Kier molecular flexibility index (Phi) is 5.57. The van der Waals surface area contributed by atoms with E-state index in [4.69, 9.17) is 9.47 Å². The summed E-state index contributed by atoms with van der Waals surface area (Å²) in [6.07, 6.45) is 1.84. The number of carbonyl (C=O) groups excluding carboxylic acids is 1. The van der Waals surface area contributed by atoms with Crippen molar-refractivity contribution in [3.63, 3.8) is 0 Å². The zero-order valence-electron chi connectivity index (χ0n) is 17.9. The summed E-state index contributed by atoms with van der Waals surface area (Å²) < 4.78 is 14.3. The number of carbonyl (C=O) groups is 1. The van der Waals surface area contributed by atoms with E-state index in [2.05, 4.69) is 20.5 Å². The van der Waals surface area contributed by atoms with E-state index in [-0.39, 0.29) is 12.5 Å². The van der Waals surface area contributed by atoms with Crippen molar-refractivity contribution >= 4 is 16.9 Å². The number of methoxy groups -OCH3 is 1. The Hall–Kier alpha value is -3.88. The third kappa shape index (κ3) is 4.35. The Morgan fingerprint density at radius 3 is 2.65 bits per heavy atom. The summed E-state index contributed by atoms with van der Waals surface area (Å²) in [7, 11) is 3.43. The lowest BCUT2D eigenvalue weighted by atomic mass is 10.2. The maximum atomic E-state index is 12.3. The van der Waals surface area contributed by atoms with Crippen LogP contribution in [-0.4, -0.2) is 44.2 Å². The van der Waals surface area contributed by atoms with Gasteiger partial charge >= 0.3 is 0 Å². The normalized spacial score (nSPS) is 11.0. The maximum absolute atomic E-state index is 12.3. The molecule has 1 amide bonds. The van der Waals surface area contributed by atoms with Crippen molar-refractivity contribution in [3.05, 3.63) is 59.5 Å². The molecule has 1 aromatic carbocycles. The minimum atomic E-state index is -0.254. The molecule has 9 heteroatoms. The first kappa shape index (κ1) is 20.4. The molecular weight excluding hydrogens is 396 g/mol. The average Bonchev–Trinajstić information content (AvgIpc) is 3.36. The molecule has 0 fully saturated rings. The van der Waals surface area contributed by atoms with Gasteiger partial charge in [0.15, 0.2) is 12.3 Å². The van der Waals surface area contributed by atoms with Gasteiger partial charge in [0.05, 0.1) is 30.4 Å². The van der Waals surface area contributed by atoms with E-state index in [0.717, 1.165) is 39.4 Å². The minimum absolute atomic E-state index is 0.140. The van der Waals surface area contributed by atoms with Crippen molar-refractivity contribution in [3.8, 4) is 17.3 Å². The van der Waals surface area contributed by atoms with E-state index in [1.54, 1.807) is 23.5 Å². The number of nitrogens with zero attached hydrogens (tertiary/aromatic N) is 5. The fourth-order valence-electron chi connectivity index (χ4n) is 3.36. The number of aryl methyl sites for hydroxylation is 3. The largest absolute Gasteiger partial charge is 0.497 e. The van der Waals surface area contributed by atoms with Crippen LogP contribution in [0.2, 0.25) is 0 Å². The summed E-state index contributed by atoms with van der Waals surface area (Å²) in [5.41, 5.74) is 4.30. The van der Waals surface area contributed by atoms with Gasteiger partial charge in [0, 0.05) is 18.9 Å². The predicted octanol–water partition coefficient (Wildman–Crippen LogP) is 2.47. The van der Waals surface area contributed by atoms with Crippen molar-refractivity contribution < 1.29 is 14.3 Å². The van der Waals surface area contributed by atoms with Crippen molar-refractivity contribution in [1.82, 2.24) is 29.9 Å². The molecule has 0 bridgehead atoms. The van der Waals surface area contributed by atoms with E-state index >= 15 is 0 Å². The Bertz CT molecular complexity index is 1230. The van der Waals surface area contributed by atoms with E-state index in [1.165, 1.54) is 0 Å². The Balaban J connectivity index is 1.35. The van der Waals surface area contributed by atoms with Crippen LogP contribution in [0.15, 0.2) is 42.6 Å². The number of aromatic nitrogens is 5. The molecule has 3 heterocycles. The van der Waals surface area contributed by atoms with E-state index < -0.39 is 0 Å². The van der Waals surface area contributed by atoms with Crippen LogP contribution in [0.5, 0.6) is 11.6 Å². The molecule has 0 atom stereocenters. The summed E-state index contributed by atoms with van der Waals surface area (Å²) in [6, 6.07) is 11.4. The van der Waals surface area contributed by atoms with Gasteiger partial charge in [0.25, 0.3) is 5.91 Å². The van der Waals surface area contributed by atoms with Gasteiger partial charge < -0.3 is 14.8 Å². The highest BCUT2D eigenvalue weighted by molar-refractivity contribution is 5.85. The lowest BCUT2D eigenvalue weighted by Gasteiger charge is -2.06. The van der Waals surface area contributed by atoms with Crippen molar-refractivity contribution in [2.45, 2.75) is 20.4 Å². The summed E-state index contributed by atoms with van der Waals surface area (Å²) in [4.78, 5) is 16.8. The number of fused-ring (bicyclic) bond motifs is 1. The van der Waals surface area contributed by atoms with Crippen LogP contribution in [0.4, 0.5) is 0 Å². The highest BCUT2D eigenvalue weighted by Crippen LogP contribution is 2.27. The van der Waals surface area contributed by atoms with Crippen LogP contribution < -0.4 is 14.8 Å². The highest BCUT2D eigenvalue weighted by Gasteiger charge is 2.15. The molecule has 9 nitrogen and oxygen atoms in total. The van der Waals surface area contributed by atoms with Gasteiger partial charge in [0.2, 0.25) is 5.88 Å². The molecule has 0 aliphatic heterocycles. The fraction of sp³-hybridized carbons (Fsp3) is 0.273. The van der Waals surface area contributed by atoms with Gasteiger partial charge in [-0.05, 0) is 55.8 Å². The van der Waals surface area contributed by atoms with Gasteiger partial charge in [-0.15, -0.1) is 5.10 Å². The average molecular weight is 420 g/mol. The van der Waals surface area contributed by atoms with Crippen LogP contribution in [0.3, 0.4) is 0 Å². The number of pyridine rings is 1. The number of benzene rings is 1. The molecule has 0 unspecified atom stereocenters. The maximum Gasteiger partial charge on any atom is 0.258 e. The number of rotatable bonds is 7. The monoisotopic (exact) mass is 420 g/mol. The van der Waals surface area contributed by atoms with Gasteiger partial charge in [-0.1, -0.05) is 0 Å². The number of amides is 1. The second-order valence-corrected chi connectivity index (χ2v) is 7.22. The Morgan fingerprint density at radius 1 is 1.13 bits per heavy atom. The summed E-state index contributed by atoms with van der Waals surface area (Å²) >= 11 is 0. The Morgan fingerprint density at radius 2 is 1.90 bits per heavy atom. The first-order chi connectivity index (χ1) is 14.9. The third-order valence-corrected chi connectivity index (χ3v) is 4.87. The van der Waals surface area contributed by atoms with Crippen LogP contribution in [0.25, 0.3) is 16.7 Å².